The van der Waals surface area contributed by atoms with E-state index in [9.17, 15) is 5.11 Å². The molecule has 0 radical (unpaired) electrons. The van der Waals surface area contributed by atoms with Crippen LogP contribution in [0, 0.1) is 20.8 Å². The summed E-state index contributed by atoms with van der Waals surface area (Å²) in [7, 11) is 0. The molecule has 4 nitrogen and oxygen atoms in total. The molecule has 0 saturated heterocycles. The van der Waals surface area contributed by atoms with E-state index in [0.717, 1.165) is 17.8 Å². The fourth-order valence-electron chi connectivity index (χ4n) is 2.23. The molecule has 0 spiro atoms. The van der Waals surface area contributed by atoms with E-state index in [-0.39, 0.29) is 12.6 Å². The SMILES string of the molecule is Cc1cc(CNC(CO)Cc2ccc(C)c(C)c2)n[nH]1. The second-order valence-electron chi connectivity index (χ2n) is 5.43. The van der Waals surface area contributed by atoms with Gasteiger partial charge in [0.2, 0.25) is 0 Å². The summed E-state index contributed by atoms with van der Waals surface area (Å²) in [6.45, 7) is 7.00. The zero-order valence-electron chi connectivity index (χ0n) is 12.4. The van der Waals surface area contributed by atoms with E-state index in [0.29, 0.717) is 6.54 Å². The monoisotopic (exact) mass is 273 g/mol. The largest absolute Gasteiger partial charge is 0.395 e. The van der Waals surface area contributed by atoms with Crippen LogP contribution in [0.1, 0.15) is 28.1 Å². The van der Waals surface area contributed by atoms with E-state index in [4.69, 9.17) is 0 Å². The molecule has 2 aromatic rings. The summed E-state index contributed by atoms with van der Waals surface area (Å²) in [5.74, 6) is 0. The van der Waals surface area contributed by atoms with Crippen molar-refractivity contribution in [1.82, 2.24) is 15.5 Å². The van der Waals surface area contributed by atoms with E-state index >= 15 is 0 Å². The average Bonchev–Trinajstić information content (AvgIpc) is 2.84. The number of nitrogens with one attached hydrogen (secondary N) is 2. The molecule has 0 aliphatic rings. The highest BCUT2D eigenvalue weighted by molar-refractivity contribution is 5.30. The summed E-state index contributed by atoms with van der Waals surface area (Å²) in [5.41, 5.74) is 5.87. The maximum absolute atomic E-state index is 9.50. The molecule has 0 amide bonds. The molecule has 0 aliphatic heterocycles. The Labute approximate surface area is 120 Å². The first-order valence-corrected chi connectivity index (χ1v) is 6.99. The molecule has 3 N–H and O–H groups in total. The summed E-state index contributed by atoms with van der Waals surface area (Å²) in [5, 5.41) is 20.0. The highest BCUT2D eigenvalue weighted by Crippen LogP contribution is 2.12. The summed E-state index contributed by atoms with van der Waals surface area (Å²) < 4.78 is 0. The predicted molar refractivity (Wildman–Crippen MR) is 80.7 cm³/mol. The molecule has 1 atom stereocenters. The van der Waals surface area contributed by atoms with Crippen LogP contribution in [0.5, 0.6) is 0 Å². The third-order valence-corrected chi connectivity index (χ3v) is 3.60. The second-order valence-corrected chi connectivity index (χ2v) is 5.43. The van der Waals surface area contributed by atoms with E-state index in [1.54, 1.807) is 0 Å². The fraction of sp³-hybridized carbons (Fsp3) is 0.438. The topological polar surface area (TPSA) is 60.9 Å². The van der Waals surface area contributed by atoms with E-state index in [2.05, 4.69) is 47.6 Å². The van der Waals surface area contributed by atoms with Gasteiger partial charge in [-0.2, -0.15) is 5.10 Å². The second kappa shape index (κ2) is 6.68. The van der Waals surface area contributed by atoms with Crippen molar-refractivity contribution in [3.05, 3.63) is 52.3 Å². The molecule has 1 aromatic carbocycles. The lowest BCUT2D eigenvalue weighted by molar-refractivity contribution is 0.240. The van der Waals surface area contributed by atoms with E-state index in [1.165, 1.54) is 16.7 Å². The molecule has 0 saturated carbocycles. The van der Waals surface area contributed by atoms with Crippen molar-refractivity contribution in [2.45, 2.75) is 39.8 Å². The molecule has 0 aliphatic carbocycles. The van der Waals surface area contributed by atoms with Crippen LogP contribution in [0.25, 0.3) is 0 Å². The Hall–Kier alpha value is -1.65. The number of aliphatic hydroxyl groups is 1. The zero-order chi connectivity index (χ0) is 14.5. The molecular formula is C16H23N3O. The minimum atomic E-state index is 0.0501. The number of hydrogen-bond acceptors (Lipinski definition) is 3. The van der Waals surface area contributed by atoms with Gasteiger partial charge in [0.1, 0.15) is 0 Å². The van der Waals surface area contributed by atoms with Gasteiger partial charge in [-0.3, -0.25) is 5.10 Å². The number of aryl methyl sites for hydroxylation is 3. The number of hydrogen-bond donors (Lipinski definition) is 3. The third kappa shape index (κ3) is 3.92. The zero-order valence-corrected chi connectivity index (χ0v) is 12.4. The third-order valence-electron chi connectivity index (χ3n) is 3.60. The Morgan fingerprint density at radius 1 is 1.20 bits per heavy atom. The van der Waals surface area contributed by atoms with Crippen molar-refractivity contribution in [2.24, 2.45) is 0 Å². The summed E-state index contributed by atoms with van der Waals surface area (Å²) in [6.07, 6.45) is 0.820. The molecule has 0 bridgehead atoms. The van der Waals surface area contributed by atoms with Crippen LogP contribution in [0.4, 0.5) is 0 Å². The number of aromatic nitrogens is 2. The van der Waals surface area contributed by atoms with Crippen LogP contribution in [-0.2, 0) is 13.0 Å². The van der Waals surface area contributed by atoms with Crippen LogP contribution in [0.15, 0.2) is 24.3 Å². The van der Waals surface area contributed by atoms with Gasteiger partial charge < -0.3 is 10.4 Å². The molecule has 108 valence electrons. The van der Waals surface area contributed by atoms with Gasteiger partial charge in [0, 0.05) is 18.3 Å². The number of rotatable bonds is 6. The van der Waals surface area contributed by atoms with Crippen LogP contribution in [0.3, 0.4) is 0 Å². The molecule has 1 heterocycles. The summed E-state index contributed by atoms with van der Waals surface area (Å²) >= 11 is 0. The normalized spacial score (nSPS) is 12.6. The lowest BCUT2D eigenvalue weighted by Crippen LogP contribution is -2.34. The number of aromatic amines is 1. The van der Waals surface area contributed by atoms with Crippen molar-refractivity contribution in [1.29, 1.82) is 0 Å². The number of aliphatic hydroxyl groups excluding tert-OH is 1. The van der Waals surface area contributed by atoms with E-state index < -0.39 is 0 Å². The van der Waals surface area contributed by atoms with Gasteiger partial charge in [0.15, 0.2) is 0 Å². The maximum atomic E-state index is 9.50. The minimum Gasteiger partial charge on any atom is -0.395 e. The van der Waals surface area contributed by atoms with E-state index in [1.807, 2.05) is 13.0 Å². The maximum Gasteiger partial charge on any atom is 0.0762 e. The van der Waals surface area contributed by atoms with Crippen molar-refractivity contribution in [3.63, 3.8) is 0 Å². The first-order valence-electron chi connectivity index (χ1n) is 6.99. The Kier molecular flexibility index (Phi) is 4.93. The van der Waals surface area contributed by atoms with Crippen molar-refractivity contribution in [2.75, 3.05) is 6.61 Å². The summed E-state index contributed by atoms with van der Waals surface area (Å²) in [4.78, 5) is 0. The molecular weight excluding hydrogens is 250 g/mol. The van der Waals surface area contributed by atoms with Crippen LogP contribution >= 0.6 is 0 Å². The van der Waals surface area contributed by atoms with Crippen LogP contribution in [-0.4, -0.2) is 28.0 Å². The van der Waals surface area contributed by atoms with Crippen LogP contribution < -0.4 is 5.32 Å². The van der Waals surface area contributed by atoms with Gasteiger partial charge in [0.05, 0.1) is 12.3 Å². The molecule has 2 rings (SSSR count). The quantitative estimate of drug-likeness (QED) is 0.754. The standard InChI is InChI=1S/C16H23N3O/c1-11-4-5-14(6-12(11)2)8-16(10-20)17-9-15-7-13(3)18-19-15/h4-7,16-17,20H,8-10H2,1-3H3,(H,18,19). The summed E-state index contributed by atoms with van der Waals surface area (Å²) in [6, 6.07) is 8.52. The Bertz CT molecular complexity index is 563. The lowest BCUT2D eigenvalue weighted by atomic mass is 10.0. The van der Waals surface area contributed by atoms with Crippen molar-refractivity contribution in [3.8, 4) is 0 Å². The molecule has 0 fully saturated rings. The van der Waals surface area contributed by atoms with Crippen molar-refractivity contribution < 1.29 is 5.11 Å². The number of nitrogens with zero attached hydrogens (tertiary/aromatic N) is 1. The smallest absolute Gasteiger partial charge is 0.0762 e. The fourth-order valence-corrected chi connectivity index (χ4v) is 2.23. The van der Waals surface area contributed by atoms with Gasteiger partial charge in [-0.25, -0.2) is 0 Å². The van der Waals surface area contributed by atoms with Gasteiger partial charge in [-0.1, -0.05) is 18.2 Å². The lowest BCUT2D eigenvalue weighted by Gasteiger charge is -2.16. The molecule has 20 heavy (non-hydrogen) atoms. The van der Waals surface area contributed by atoms with Gasteiger partial charge in [0.25, 0.3) is 0 Å². The highest BCUT2D eigenvalue weighted by Gasteiger charge is 2.09. The Morgan fingerprint density at radius 3 is 2.60 bits per heavy atom. The molecule has 1 aromatic heterocycles. The molecule has 4 heteroatoms. The van der Waals surface area contributed by atoms with Gasteiger partial charge in [-0.05, 0) is 49.9 Å². The molecule has 1 unspecified atom stereocenters. The minimum absolute atomic E-state index is 0.0501. The van der Waals surface area contributed by atoms with Crippen LogP contribution in [0.2, 0.25) is 0 Å². The highest BCUT2D eigenvalue weighted by atomic mass is 16.3. The first-order chi connectivity index (χ1) is 9.58. The van der Waals surface area contributed by atoms with Gasteiger partial charge >= 0.3 is 0 Å². The van der Waals surface area contributed by atoms with Crippen molar-refractivity contribution >= 4 is 0 Å². The number of H-pyrrole nitrogens is 1. The first kappa shape index (κ1) is 14.8. The van der Waals surface area contributed by atoms with Gasteiger partial charge in [-0.15, -0.1) is 0 Å². The average molecular weight is 273 g/mol. The predicted octanol–water partition coefficient (Wildman–Crippen LogP) is 2.03. The number of benzene rings is 1. The Morgan fingerprint density at radius 2 is 2.00 bits per heavy atom. The Balaban J connectivity index is 1.92.